The van der Waals surface area contributed by atoms with Crippen LogP contribution in [-0.2, 0) is 9.59 Å². The summed E-state index contributed by atoms with van der Waals surface area (Å²) in [5.41, 5.74) is 4.34. The van der Waals surface area contributed by atoms with E-state index in [1.54, 1.807) is 24.3 Å². The molecule has 34 heavy (non-hydrogen) atoms. The molecule has 0 aromatic heterocycles. The maximum absolute atomic E-state index is 13.5. The molecular formula is C28H31N3O3. The molecule has 176 valence electrons. The maximum atomic E-state index is 13.5. The summed E-state index contributed by atoms with van der Waals surface area (Å²) in [6.07, 6.45) is 1.28. The van der Waals surface area contributed by atoms with Gasteiger partial charge in [0.05, 0.1) is 5.69 Å². The third kappa shape index (κ3) is 5.64. The van der Waals surface area contributed by atoms with Crippen LogP contribution >= 0.6 is 0 Å². The molecule has 2 amide bonds. The molecule has 1 aliphatic rings. The second-order valence-electron chi connectivity index (χ2n) is 9.00. The normalized spacial score (nSPS) is 15.5. The van der Waals surface area contributed by atoms with Crippen molar-refractivity contribution >= 4 is 23.2 Å². The van der Waals surface area contributed by atoms with Crippen LogP contribution in [0.2, 0.25) is 0 Å². The molecule has 0 bridgehead atoms. The van der Waals surface area contributed by atoms with Gasteiger partial charge >= 0.3 is 0 Å². The number of benzene rings is 3. The average Bonchev–Trinajstić information content (AvgIpc) is 2.81. The Morgan fingerprint density at radius 3 is 2.15 bits per heavy atom. The summed E-state index contributed by atoms with van der Waals surface area (Å²) in [5.74, 6) is -0.291. The number of hydrogen-bond acceptors (Lipinski definition) is 4. The van der Waals surface area contributed by atoms with Gasteiger partial charge in [-0.25, -0.2) is 0 Å². The second kappa shape index (κ2) is 10.5. The molecule has 0 radical (unpaired) electrons. The summed E-state index contributed by atoms with van der Waals surface area (Å²) < 4.78 is 0. The van der Waals surface area contributed by atoms with E-state index < -0.39 is 6.04 Å². The Morgan fingerprint density at radius 2 is 1.50 bits per heavy atom. The van der Waals surface area contributed by atoms with Gasteiger partial charge in [0.25, 0.3) is 0 Å². The first-order valence-corrected chi connectivity index (χ1v) is 11.7. The van der Waals surface area contributed by atoms with E-state index in [0.29, 0.717) is 31.6 Å². The lowest BCUT2D eigenvalue weighted by molar-refractivity contribution is -0.124. The molecule has 0 spiro atoms. The first kappa shape index (κ1) is 23.5. The maximum Gasteiger partial charge on any atom is 0.246 e. The molecule has 4 rings (SSSR count). The van der Waals surface area contributed by atoms with Gasteiger partial charge in [-0.15, -0.1) is 0 Å². The minimum absolute atomic E-state index is 0.0560. The number of likely N-dealkylation sites (tertiary alicyclic amines) is 1. The number of aryl methyl sites for hydroxylation is 2. The van der Waals surface area contributed by atoms with Crippen molar-refractivity contribution in [2.24, 2.45) is 5.92 Å². The van der Waals surface area contributed by atoms with Crippen molar-refractivity contribution < 1.29 is 14.7 Å². The monoisotopic (exact) mass is 457 g/mol. The predicted molar refractivity (Wildman–Crippen MR) is 135 cm³/mol. The molecule has 6 nitrogen and oxygen atoms in total. The standard InChI is InChI=1S/C28H31N3O3/c1-19-16-20(2)18-23(17-19)29-28(34)26(21-8-4-3-5-9-21)31-14-12-22(13-15-31)27(33)30-24-10-6-7-11-25(24)32/h3-11,16-18,22,26,32H,12-15H2,1-2H3,(H,29,34)(H,30,33)/t26-/m1/s1. The molecule has 3 aromatic rings. The van der Waals surface area contributed by atoms with Crippen molar-refractivity contribution in [2.75, 3.05) is 23.7 Å². The van der Waals surface area contributed by atoms with E-state index in [1.165, 1.54) is 0 Å². The van der Waals surface area contributed by atoms with E-state index in [-0.39, 0.29) is 23.5 Å². The van der Waals surface area contributed by atoms with Gasteiger partial charge in [0.1, 0.15) is 11.8 Å². The van der Waals surface area contributed by atoms with Crippen molar-refractivity contribution in [2.45, 2.75) is 32.7 Å². The Morgan fingerprint density at radius 1 is 0.882 bits per heavy atom. The molecule has 1 aliphatic heterocycles. The minimum atomic E-state index is -0.441. The molecule has 1 saturated heterocycles. The zero-order chi connectivity index (χ0) is 24.1. The lowest BCUT2D eigenvalue weighted by atomic mass is 9.93. The summed E-state index contributed by atoms with van der Waals surface area (Å²) >= 11 is 0. The highest BCUT2D eigenvalue weighted by molar-refractivity contribution is 5.96. The molecular weight excluding hydrogens is 426 g/mol. The van der Waals surface area contributed by atoms with Gasteiger partial charge in [0.2, 0.25) is 11.8 Å². The minimum Gasteiger partial charge on any atom is -0.506 e. The molecule has 1 atom stereocenters. The smallest absolute Gasteiger partial charge is 0.246 e. The van der Waals surface area contributed by atoms with Crippen LogP contribution in [-0.4, -0.2) is 34.9 Å². The van der Waals surface area contributed by atoms with Crippen LogP contribution in [0.25, 0.3) is 0 Å². The van der Waals surface area contributed by atoms with Gasteiger partial charge in [-0.1, -0.05) is 48.5 Å². The van der Waals surface area contributed by atoms with Crippen LogP contribution in [0.15, 0.2) is 72.8 Å². The van der Waals surface area contributed by atoms with Gasteiger partial charge < -0.3 is 15.7 Å². The Labute approximate surface area is 200 Å². The molecule has 6 heteroatoms. The Hall–Kier alpha value is -3.64. The van der Waals surface area contributed by atoms with Crippen molar-refractivity contribution in [1.29, 1.82) is 0 Å². The van der Waals surface area contributed by atoms with Crippen LogP contribution in [0.4, 0.5) is 11.4 Å². The highest BCUT2D eigenvalue weighted by Crippen LogP contribution is 2.30. The third-order valence-corrected chi connectivity index (χ3v) is 6.28. The number of nitrogens with zero attached hydrogens (tertiary/aromatic N) is 1. The largest absolute Gasteiger partial charge is 0.506 e. The molecule has 0 unspecified atom stereocenters. The molecule has 1 heterocycles. The number of aromatic hydroxyl groups is 1. The van der Waals surface area contributed by atoms with E-state index in [0.717, 1.165) is 22.4 Å². The van der Waals surface area contributed by atoms with Crippen LogP contribution in [0.5, 0.6) is 5.75 Å². The van der Waals surface area contributed by atoms with E-state index in [4.69, 9.17) is 0 Å². The first-order chi connectivity index (χ1) is 16.4. The summed E-state index contributed by atoms with van der Waals surface area (Å²) in [4.78, 5) is 28.4. The van der Waals surface area contributed by atoms with Crippen molar-refractivity contribution in [1.82, 2.24) is 4.90 Å². The number of rotatable bonds is 6. The average molecular weight is 458 g/mol. The van der Waals surface area contributed by atoms with Gasteiger partial charge in [-0.2, -0.15) is 0 Å². The van der Waals surface area contributed by atoms with E-state index >= 15 is 0 Å². The SMILES string of the molecule is Cc1cc(C)cc(NC(=O)[C@@H](c2ccccc2)N2CCC(C(=O)Nc3ccccc3O)CC2)c1. The first-order valence-electron chi connectivity index (χ1n) is 11.7. The zero-order valence-corrected chi connectivity index (χ0v) is 19.6. The van der Waals surface area contributed by atoms with Crippen LogP contribution in [0.1, 0.15) is 35.6 Å². The number of phenolic OH excluding ortho intramolecular Hbond substituents is 1. The topological polar surface area (TPSA) is 81.7 Å². The Bertz CT molecular complexity index is 1130. The van der Waals surface area contributed by atoms with Gasteiger partial charge in [0.15, 0.2) is 0 Å². The quantitative estimate of drug-likeness (QED) is 0.453. The fraction of sp³-hybridized carbons (Fsp3) is 0.286. The van der Waals surface area contributed by atoms with Crippen LogP contribution < -0.4 is 10.6 Å². The molecule has 3 N–H and O–H groups in total. The van der Waals surface area contributed by atoms with Crippen LogP contribution in [0, 0.1) is 19.8 Å². The number of carbonyl (C=O) groups excluding carboxylic acids is 2. The van der Waals surface area contributed by atoms with E-state index in [2.05, 4.69) is 21.6 Å². The van der Waals surface area contributed by atoms with E-state index in [9.17, 15) is 14.7 Å². The zero-order valence-electron chi connectivity index (χ0n) is 19.6. The summed E-state index contributed by atoms with van der Waals surface area (Å²) in [5, 5.41) is 15.9. The number of phenols is 1. The van der Waals surface area contributed by atoms with Gasteiger partial charge in [0, 0.05) is 11.6 Å². The number of carbonyl (C=O) groups is 2. The number of hydrogen-bond donors (Lipinski definition) is 3. The van der Waals surface area contributed by atoms with Gasteiger partial charge in [-0.3, -0.25) is 14.5 Å². The van der Waals surface area contributed by atoms with Crippen molar-refractivity contribution in [3.8, 4) is 5.75 Å². The summed E-state index contributed by atoms with van der Waals surface area (Å²) in [7, 11) is 0. The lowest BCUT2D eigenvalue weighted by Crippen LogP contribution is -2.44. The summed E-state index contributed by atoms with van der Waals surface area (Å²) in [6.45, 7) is 5.28. The van der Waals surface area contributed by atoms with Crippen LogP contribution in [0.3, 0.4) is 0 Å². The number of amides is 2. The highest BCUT2D eigenvalue weighted by Gasteiger charge is 2.33. The third-order valence-electron chi connectivity index (χ3n) is 6.28. The number of piperidine rings is 1. The van der Waals surface area contributed by atoms with E-state index in [1.807, 2.05) is 56.3 Å². The Balaban J connectivity index is 1.46. The fourth-order valence-corrected chi connectivity index (χ4v) is 4.65. The Kier molecular flexibility index (Phi) is 7.28. The highest BCUT2D eigenvalue weighted by atomic mass is 16.3. The molecule has 0 saturated carbocycles. The van der Waals surface area contributed by atoms with Crippen molar-refractivity contribution in [3.63, 3.8) is 0 Å². The molecule has 0 aliphatic carbocycles. The molecule has 3 aromatic carbocycles. The second-order valence-corrected chi connectivity index (χ2v) is 9.00. The number of para-hydroxylation sites is 2. The number of anilines is 2. The van der Waals surface area contributed by atoms with Gasteiger partial charge in [-0.05, 0) is 80.7 Å². The summed E-state index contributed by atoms with van der Waals surface area (Å²) in [6, 6.07) is 22.1. The predicted octanol–water partition coefficient (Wildman–Crippen LogP) is 5.04. The number of nitrogens with one attached hydrogen (secondary N) is 2. The fourth-order valence-electron chi connectivity index (χ4n) is 4.65. The lowest BCUT2D eigenvalue weighted by Gasteiger charge is -2.36. The van der Waals surface area contributed by atoms with Crippen molar-refractivity contribution in [3.05, 3.63) is 89.5 Å². The molecule has 1 fully saturated rings.